The number of benzene rings is 1. The van der Waals surface area contributed by atoms with Crippen LogP contribution >= 0.6 is 15.9 Å². The van der Waals surface area contributed by atoms with Crippen LogP contribution in [0.4, 0.5) is 5.69 Å². The van der Waals surface area contributed by atoms with Crippen molar-refractivity contribution in [1.82, 2.24) is 0 Å². The molecule has 1 fully saturated rings. The maximum atomic E-state index is 11.1. The zero-order chi connectivity index (χ0) is 12.4. The van der Waals surface area contributed by atoms with Crippen molar-refractivity contribution < 1.29 is 9.90 Å². The van der Waals surface area contributed by atoms with Crippen molar-refractivity contribution in [3.8, 4) is 0 Å². The first-order valence-corrected chi connectivity index (χ1v) is 6.65. The molecule has 0 amide bonds. The van der Waals surface area contributed by atoms with Gasteiger partial charge in [-0.1, -0.05) is 22.9 Å². The minimum atomic E-state index is -0.883. The van der Waals surface area contributed by atoms with E-state index in [1.165, 1.54) is 6.42 Å². The van der Waals surface area contributed by atoms with Crippen LogP contribution in [0.25, 0.3) is 0 Å². The van der Waals surface area contributed by atoms with Crippen LogP contribution in [0.15, 0.2) is 22.7 Å². The Morgan fingerprint density at radius 3 is 2.82 bits per heavy atom. The van der Waals surface area contributed by atoms with Gasteiger partial charge in [0.2, 0.25) is 0 Å². The van der Waals surface area contributed by atoms with Crippen LogP contribution in [-0.4, -0.2) is 17.1 Å². The fourth-order valence-electron chi connectivity index (χ4n) is 2.38. The van der Waals surface area contributed by atoms with E-state index >= 15 is 0 Å². The van der Waals surface area contributed by atoms with E-state index in [0.717, 1.165) is 23.2 Å². The van der Waals surface area contributed by atoms with E-state index in [0.29, 0.717) is 17.3 Å². The number of rotatable bonds is 3. The maximum absolute atomic E-state index is 11.1. The first-order chi connectivity index (χ1) is 8.06. The zero-order valence-corrected chi connectivity index (χ0v) is 11.3. The molecule has 1 aromatic carbocycles. The average molecular weight is 298 g/mol. The number of hydrogen-bond acceptors (Lipinski definition) is 2. The number of hydrogen-bond donors (Lipinski definition) is 2. The van der Waals surface area contributed by atoms with Gasteiger partial charge in [0, 0.05) is 10.5 Å². The second kappa shape index (κ2) is 5.08. The third-order valence-corrected chi connectivity index (χ3v) is 3.76. The van der Waals surface area contributed by atoms with Gasteiger partial charge in [-0.2, -0.15) is 0 Å². The van der Waals surface area contributed by atoms with Gasteiger partial charge >= 0.3 is 5.97 Å². The van der Waals surface area contributed by atoms with Crippen LogP contribution < -0.4 is 5.32 Å². The van der Waals surface area contributed by atoms with Crippen molar-refractivity contribution in [3.05, 3.63) is 28.2 Å². The van der Waals surface area contributed by atoms with Gasteiger partial charge in [-0.15, -0.1) is 0 Å². The summed E-state index contributed by atoms with van der Waals surface area (Å²) >= 11 is 3.37. The summed E-state index contributed by atoms with van der Waals surface area (Å²) in [5.41, 5.74) is 1.05. The number of aromatic carboxylic acids is 1. The van der Waals surface area contributed by atoms with E-state index in [4.69, 9.17) is 5.11 Å². The molecule has 1 saturated carbocycles. The molecule has 1 aliphatic carbocycles. The normalized spacial score (nSPS) is 23.6. The molecule has 2 N–H and O–H groups in total. The topological polar surface area (TPSA) is 49.3 Å². The van der Waals surface area contributed by atoms with Gasteiger partial charge in [0.25, 0.3) is 0 Å². The van der Waals surface area contributed by atoms with Gasteiger partial charge in [-0.25, -0.2) is 4.79 Å². The predicted molar refractivity (Wildman–Crippen MR) is 71.5 cm³/mol. The van der Waals surface area contributed by atoms with Crippen LogP contribution in [0.5, 0.6) is 0 Å². The van der Waals surface area contributed by atoms with Crippen molar-refractivity contribution in [2.75, 3.05) is 5.32 Å². The molecule has 17 heavy (non-hydrogen) atoms. The van der Waals surface area contributed by atoms with Crippen molar-refractivity contribution >= 4 is 27.6 Å². The number of nitrogens with one attached hydrogen (secondary N) is 1. The molecule has 2 atom stereocenters. The number of halogens is 1. The summed E-state index contributed by atoms with van der Waals surface area (Å²) in [7, 11) is 0. The molecule has 3 nitrogen and oxygen atoms in total. The number of carbonyl (C=O) groups is 1. The number of anilines is 1. The fraction of sp³-hybridized carbons (Fsp3) is 0.462. The molecule has 4 heteroatoms. The van der Waals surface area contributed by atoms with Gasteiger partial charge in [0.1, 0.15) is 0 Å². The minimum Gasteiger partial charge on any atom is -0.478 e. The first kappa shape index (κ1) is 12.4. The van der Waals surface area contributed by atoms with Crippen LogP contribution in [0, 0.1) is 5.92 Å². The molecule has 2 unspecified atom stereocenters. The summed E-state index contributed by atoms with van der Waals surface area (Å²) in [5.74, 6) is -0.154. The molecule has 0 saturated heterocycles. The summed E-state index contributed by atoms with van der Waals surface area (Å²) in [6, 6.07) is 5.63. The molecule has 1 aromatic rings. The molecule has 92 valence electrons. The van der Waals surface area contributed by atoms with Crippen LogP contribution in [0.1, 0.15) is 36.5 Å². The molecular weight excluding hydrogens is 282 g/mol. The Balaban J connectivity index is 2.19. The van der Waals surface area contributed by atoms with Crippen molar-refractivity contribution in [3.63, 3.8) is 0 Å². The zero-order valence-electron chi connectivity index (χ0n) is 9.74. The van der Waals surface area contributed by atoms with E-state index in [1.54, 1.807) is 12.1 Å². The molecule has 2 rings (SSSR count). The number of carboxylic acids is 1. The van der Waals surface area contributed by atoms with Crippen molar-refractivity contribution in [2.45, 2.75) is 32.2 Å². The molecule has 0 aromatic heterocycles. The first-order valence-electron chi connectivity index (χ1n) is 5.85. The molecule has 0 radical (unpaired) electrons. The second-order valence-corrected chi connectivity index (χ2v) is 5.67. The van der Waals surface area contributed by atoms with E-state index < -0.39 is 5.97 Å². The average Bonchev–Trinajstić information content (AvgIpc) is 2.63. The lowest BCUT2D eigenvalue weighted by atomic mass is 10.1. The Bertz CT molecular complexity index is 433. The molecule has 0 aliphatic heterocycles. The lowest BCUT2D eigenvalue weighted by Crippen LogP contribution is -2.17. The highest BCUT2D eigenvalue weighted by Gasteiger charge is 2.22. The van der Waals surface area contributed by atoms with Gasteiger partial charge in [0.05, 0.1) is 11.3 Å². The van der Waals surface area contributed by atoms with Gasteiger partial charge in [-0.05, 0) is 43.4 Å². The molecule has 0 heterocycles. The summed E-state index contributed by atoms with van der Waals surface area (Å²) in [6.07, 6.45) is 3.45. The predicted octanol–water partition coefficient (Wildman–Crippen LogP) is 3.75. The molecule has 0 spiro atoms. The highest BCUT2D eigenvalue weighted by atomic mass is 79.9. The highest BCUT2D eigenvalue weighted by molar-refractivity contribution is 9.10. The van der Waals surface area contributed by atoms with Gasteiger partial charge in [-0.3, -0.25) is 0 Å². The fourth-order valence-corrected chi connectivity index (χ4v) is 2.74. The maximum Gasteiger partial charge on any atom is 0.337 e. The summed E-state index contributed by atoms with van der Waals surface area (Å²) < 4.78 is 0.899. The standard InChI is InChI=1S/C13H16BrNO2/c1-8-2-4-10(6-8)15-12-7-9(14)3-5-11(12)13(16)17/h3,5,7-8,10,15H,2,4,6H2,1H3,(H,16,17). The lowest BCUT2D eigenvalue weighted by molar-refractivity contribution is 0.0698. The van der Waals surface area contributed by atoms with Gasteiger partial charge < -0.3 is 10.4 Å². The second-order valence-electron chi connectivity index (χ2n) is 4.75. The van der Waals surface area contributed by atoms with E-state index in [-0.39, 0.29) is 0 Å². The van der Waals surface area contributed by atoms with Crippen molar-refractivity contribution in [2.24, 2.45) is 5.92 Å². The Hall–Kier alpha value is -1.03. The Morgan fingerprint density at radius 1 is 1.47 bits per heavy atom. The molecule has 1 aliphatic rings. The van der Waals surface area contributed by atoms with Crippen LogP contribution in [-0.2, 0) is 0 Å². The smallest absolute Gasteiger partial charge is 0.337 e. The van der Waals surface area contributed by atoms with Gasteiger partial charge in [0.15, 0.2) is 0 Å². The largest absolute Gasteiger partial charge is 0.478 e. The highest BCUT2D eigenvalue weighted by Crippen LogP contribution is 2.29. The quantitative estimate of drug-likeness (QED) is 0.893. The van der Waals surface area contributed by atoms with Crippen molar-refractivity contribution in [1.29, 1.82) is 0 Å². The van der Waals surface area contributed by atoms with Crippen LogP contribution in [0.2, 0.25) is 0 Å². The molecular formula is C13H16BrNO2. The lowest BCUT2D eigenvalue weighted by Gasteiger charge is -2.16. The summed E-state index contributed by atoms with van der Waals surface area (Å²) in [4.78, 5) is 11.1. The Kier molecular flexibility index (Phi) is 3.72. The van der Waals surface area contributed by atoms with E-state index in [2.05, 4.69) is 28.2 Å². The summed E-state index contributed by atoms with van der Waals surface area (Å²) in [6.45, 7) is 2.24. The Labute approximate surface area is 109 Å². The monoisotopic (exact) mass is 297 g/mol. The van der Waals surface area contributed by atoms with Crippen LogP contribution in [0.3, 0.4) is 0 Å². The third-order valence-electron chi connectivity index (χ3n) is 3.27. The summed E-state index contributed by atoms with van der Waals surface area (Å²) in [5, 5.41) is 12.5. The minimum absolute atomic E-state index is 0.341. The molecule has 0 bridgehead atoms. The van der Waals surface area contributed by atoms with E-state index in [9.17, 15) is 4.79 Å². The third kappa shape index (κ3) is 3.00. The Morgan fingerprint density at radius 2 is 2.24 bits per heavy atom. The van der Waals surface area contributed by atoms with E-state index in [1.807, 2.05) is 6.07 Å². The SMILES string of the molecule is CC1CCC(Nc2cc(Br)ccc2C(=O)O)C1. The number of carboxylic acid groups (broad SMARTS) is 1.